The average molecular weight is 196 g/mol. The van der Waals surface area contributed by atoms with Crippen molar-refractivity contribution in [3.05, 3.63) is 11.6 Å². The summed E-state index contributed by atoms with van der Waals surface area (Å²) in [5.74, 6) is 0.998. The number of hydrogen-bond donors (Lipinski definition) is 2. The SMILES string of the molecule is CCONC(=O)c1n[nH]c(C2CC2)n1. The lowest BCUT2D eigenvalue weighted by Crippen LogP contribution is -2.24. The first kappa shape index (κ1) is 9.14. The molecule has 14 heavy (non-hydrogen) atoms. The van der Waals surface area contributed by atoms with Gasteiger partial charge in [-0.3, -0.25) is 14.7 Å². The molecule has 0 unspecified atom stereocenters. The highest BCUT2D eigenvalue weighted by Gasteiger charge is 2.28. The molecule has 0 spiro atoms. The van der Waals surface area contributed by atoms with Gasteiger partial charge in [-0.2, -0.15) is 0 Å². The molecule has 1 amide bonds. The van der Waals surface area contributed by atoms with E-state index in [0.29, 0.717) is 12.5 Å². The molecule has 1 aliphatic carbocycles. The summed E-state index contributed by atoms with van der Waals surface area (Å²) in [7, 11) is 0. The van der Waals surface area contributed by atoms with Crippen molar-refractivity contribution in [3.8, 4) is 0 Å². The van der Waals surface area contributed by atoms with E-state index in [-0.39, 0.29) is 5.82 Å². The van der Waals surface area contributed by atoms with Gasteiger partial charge in [0.05, 0.1) is 6.61 Å². The van der Waals surface area contributed by atoms with Crippen LogP contribution < -0.4 is 5.48 Å². The highest BCUT2D eigenvalue weighted by Crippen LogP contribution is 2.37. The average Bonchev–Trinajstić information content (AvgIpc) is 2.93. The van der Waals surface area contributed by atoms with Crippen LogP contribution in [0, 0.1) is 0 Å². The number of nitrogens with one attached hydrogen (secondary N) is 2. The van der Waals surface area contributed by atoms with Crippen molar-refractivity contribution >= 4 is 5.91 Å². The third-order valence-electron chi connectivity index (χ3n) is 1.98. The zero-order valence-electron chi connectivity index (χ0n) is 7.91. The van der Waals surface area contributed by atoms with E-state index in [4.69, 9.17) is 4.84 Å². The summed E-state index contributed by atoms with van der Waals surface area (Å²) >= 11 is 0. The predicted molar refractivity (Wildman–Crippen MR) is 47.4 cm³/mol. The zero-order chi connectivity index (χ0) is 9.97. The molecular weight excluding hydrogens is 184 g/mol. The summed E-state index contributed by atoms with van der Waals surface area (Å²) in [6.07, 6.45) is 2.25. The largest absolute Gasteiger partial charge is 0.314 e. The van der Waals surface area contributed by atoms with E-state index in [9.17, 15) is 4.79 Å². The van der Waals surface area contributed by atoms with Crippen LogP contribution in [0.15, 0.2) is 0 Å². The second-order valence-electron chi connectivity index (χ2n) is 3.18. The molecule has 76 valence electrons. The standard InChI is InChI=1S/C8H12N4O2/c1-2-14-12-8(13)7-9-6(10-11-7)5-3-4-5/h5H,2-4H2,1H3,(H,12,13)(H,9,10,11). The van der Waals surface area contributed by atoms with Crippen LogP contribution in [0.25, 0.3) is 0 Å². The van der Waals surface area contributed by atoms with Gasteiger partial charge in [0, 0.05) is 5.92 Å². The van der Waals surface area contributed by atoms with Crippen LogP contribution in [-0.4, -0.2) is 27.7 Å². The molecule has 0 radical (unpaired) electrons. The molecule has 0 saturated heterocycles. The van der Waals surface area contributed by atoms with Crippen LogP contribution in [0.3, 0.4) is 0 Å². The number of carbonyl (C=O) groups is 1. The molecule has 2 N–H and O–H groups in total. The molecule has 1 saturated carbocycles. The number of aromatic nitrogens is 3. The summed E-state index contributed by atoms with van der Waals surface area (Å²) in [4.78, 5) is 20.1. The van der Waals surface area contributed by atoms with Crippen molar-refractivity contribution in [2.45, 2.75) is 25.7 Å². The fourth-order valence-corrected chi connectivity index (χ4v) is 1.10. The Kier molecular flexibility index (Phi) is 2.45. The van der Waals surface area contributed by atoms with E-state index in [2.05, 4.69) is 20.7 Å². The lowest BCUT2D eigenvalue weighted by molar-refractivity contribution is 0.0355. The molecule has 1 fully saturated rings. The highest BCUT2D eigenvalue weighted by atomic mass is 16.6. The Balaban J connectivity index is 1.97. The molecule has 1 aliphatic rings. The number of nitrogens with zero attached hydrogens (tertiary/aromatic N) is 2. The lowest BCUT2D eigenvalue weighted by Gasteiger charge is -1.98. The molecule has 0 aliphatic heterocycles. The lowest BCUT2D eigenvalue weighted by atomic mass is 10.4. The van der Waals surface area contributed by atoms with Crippen molar-refractivity contribution < 1.29 is 9.63 Å². The number of amides is 1. The summed E-state index contributed by atoms with van der Waals surface area (Å²) in [5, 5.41) is 6.55. The second-order valence-corrected chi connectivity index (χ2v) is 3.18. The first-order valence-electron chi connectivity index (χ1n) is 4.65. The van der Waals surface area contributed by atoms with Crippen LogP contribution in [-0.2, 0) is 4.84 Å². The monoisotopic (exact) mass is 196 g/mol. The van der Waals surface area contributed by atoms with Crippen LogP contribution in [0.1, 0.15) is 42.1 Å². The van der Waals surface area contributed by atoms with Gasteiger partial charge < -0.3 is 0 Å². The summed E-state index contributed by atoms with van der Waals surface area (Å²) in [6.45, 7) is 2.21. The third-order valence-corrected chi connectivity index (χ3v) is 1.98. The molecule has 1 aromatic rings. The van der Waals surface area contributed by atoms with Crippen molar-refractivity contribution in [2.24, 2.45) is 0 Å². The van der Waals surface area contributed by atoms with Gasteiger partial charge in [0.15, 0.2) is 0 Å². The van der Waals surface area contributed by atoms with Gasteiger partial charge in [-0.1, -0.05) is 0 Å². The van der Waals surface area contributed by atoms with E-state index in [1.54, 1.807) is 6.92 Å². The number of carbonyl (C=O) groups excluding carboxylic acids is 1. The molecule has 0 atom stereocenters. The third kappa shape index (κ3) is 1.90. The molecule has 6 heteroatoms. The minimum Gasteiger partial charge on any atom is -0.274 e. The molecule has 2 rings (SSSR count). The zero-order valence-corrected chi connectivity index (χ0v) is 7.91. The van der Waals surface area contributed by atoms with Gasteiger partial charge >= 0.3 is 5.91 Å². The Hall–Kier alpha value is -1.43. The first-order valence-corrected chi connectivity index (χ1v) is 4.65. The summed E-state index contributed by atoms with van der Waals surface area (Å²) in [6, 6.07) is 0. The van der Waals surface area contributed by atoms with Crippen molar-refractivity contribution in [2.75, 3.05) is 6.61 Å². The van der Waals surface area contributed by atoms with Crippen LogP contribution in [0.4, 0.5) is 0 Å². The number of hydrogen-bond acceptors (Lipinski definition) is 4. The number of hydroxylamine groups is 1. The van der Waals surface area contributed by atoms with Crippen LogP contribution in [0.2, 0.25) is 0 Å². The maximum atomic E-state index is 11.3. The van der Waals surface area contributed by atoms with Gasteiger partial charge in [0.1, 0.15) is 5.82 Å². The van der Waals surface area contributed by atoms with Crippen molar-refractivity contribution in [3.63, 3.8) is 0 Å². The Bertz CT molecular complexity index is 332. The second kappa shape index (κ2) is 3.75. The highest BCUT2D eigenvalue weighted by molar-refractivity contribution is 5.89. The fraction of sp³-hybridized carbons (Fsp3) is 0.625. The molecule has 0 bridgehead atoms. The van der Waals surface area contributed by atoms with Gasteiger partial charge in [-0.15, -0.1) is 5.10 Å². The predicted octanol–water partition coefficient (Wildman–Crippen LogP) is 0.363. The van der Waals surface area contributed by atoms with Crippen LogP contribution >= 0.6 is 0 Å². The fourth-order valence-electron chi connectivity index (χ4n) is 1.10. The first-order chi connectivity index (χ1) is 6.81. The number of rotatable bonds is 4. The summed E-state index contributed by atoms with van der Waals surface area (Å²) < 4.78 is 0. The number of aromatic amines is 1. The minimum atomic E-state index is -0.407. The van der Waals surface area contributed by atoms with E-state index in [0.717, 1.165) is 18.7 Å². The topological polar surface area (TPSA) is 79.9 Å². The maximum Gasteiger partial charge on any atom is 0.314 e. The molecular formula is C8H12N4O2. The molecule has 1 aromatic heterocycles. The van der Waals surface area contributed by atoms with E-state index in [1.165, 1.54) is 0 Å². The van der Waals surface area contributed by atoms with Crippen molar-refractivity contribution in [1.82, 2.24) is 20.7 Å². The van der Waals surface area contributed by atoms with E-state index < -0.39 is 5.91 Å². The van der Waals surface area contributed by atoms with E-state index in [1.807, 2.05) is 0 Å². The van der Waals surface area contributed by atoms with Gasteiger partial charge in [0.25, 0.3) is 0 Å². The maximum absolute atomic E-state index is 11.3. The Morgan fingerprint density at radius 3 is 3.14 bits per heavy atom. The summed E-state index contributed by atoms with van der Waals surface area (Å²) in [5.41, 5.74) is 2.24. The van der Waals surface area contributed by atoms with E-state index >= 15 is 0 Å². The Morgan fingerprint density at radius 2 is 2.50 bits per heavy atom. The van der Waals surface area contributed by atoms with Gasteiger partial charge in [-0.05, 0) is 19.8 Å². The van der Waals surface area contributed by atoms with Gasteiger partial charge in [-0.25, -0.2) is 10.5 Å². The molecule has 0 aromatic carbocycles. The van der Waals surface area contributed by atoms with Gasteiger partial charge in [0.2, 0.25) is 5.82 Å². The number of H-pyrrole nitrogens is 1. The Morgan fingerprint density at radius 1 is 1.71 bits per heavy atom. The smallest absolute Gasteiger partial charge is 0.274 e. The van der Waals surface area contributed by atoms with Crippen LogP contribution in [0.5, 0.6) is 0 Å². The molecule has 1 heterocycles. The Labute approximate surface area is 81.0 Å². The van der Waals surface area contributed by atoms with Crippen molar-refractivity contribution in [1.29, 1.82) is 0 Å². The quantitative estimate of drug-likeness (QED) is 0.681. The normalized spacial score (nSPS) is 15.5. The molecule has 6 nitrogen and oxygen atoms in total. The minimum absolute atomic E-state index is 0.139.